The Hall–Kier alpha value is -3.09. The molecule has 3 heterocycles. The van der Waals surface area contributed by atoms with Crippen molar-refractivity contribution >= 4 is 5.95 Å². The van der Waals surface area contributed by atoms with E-state index in [1.165, 1.54) is 0 Å². The maximum Gasteiger partial charge on any atom is 0.266 e. The molecule has 2 aliphatic rings. The van der Waals surface area contributed by atoms with Gasteiger partial charge >= 0.3 is 0 Å². The van der Waals surface area contributed by atoms with Crippen LogP contribution in [-0.2, 0) is 6.54 Å². The number of rotatable bonds is 3. The largest absolute Gasteiger partial charge is 0.504 e. The highest BCUT2D eigenvalue weighted by molar-refractivity contribution is 5.68. The molecule has 1 saturated carbocycles. The SMILES string of the molecule is Oc1cc(-c2cccnc2)cc2c1OCCN(c1noc(C3CC3)n1)C2. The van der Waals surface area contributed by atoms with E-state index in [4.69, 9.17) is 9.26 Å². The van der Waals surface area contributed by atoms with Gasteiger partial charge < -0.3 is 19.3 Å². The number of benzene rings is 1. The van der Waals surface area contributed by atoms with Crippen LogP contribution in [0.15, 0.2) is 41.2 Å². The molecule has 0 spiro atoms. The van der Waals surface area contributed by atoms with Crippen LogP contribution in [0.25, 0.3) is 11.1 Å². The quantitative estimate of drug-likeness (QED) is 0.777. The van der Waals surface area contributed by atoms with Crippen molar-refractivity contribution in [3.63, 3.8) is 0 Å². The first-order valence-corrected chi connectivity index (χ1v) is 8.75. The van der Waals surface area contributed by atoms with Crippen LogP contribution in [0.3, 0.4) is 0 Å². The molecule has 1 aliphatic heterocycles. The number of aromatic hydroxyl groups is 1. The van der Waals surface area contributed by atoms with E-state index in [9.17, 15) is 5.11 Å². The van der Waals surface area contributed by atoms with Gasteiger partial charge in [0, 0.05) is 36.0 Å². The van der Waals surface area contributed by atoms with Crippen molar-refractivity contribution in [1.82, 2.24) is 15.1 Å². The van der Waals surface area contributed by atoms with Gasteiger partial charge in [0.25, 0.3) is 5.95 Å². The molecule has 1 N–H and O–H groups in total. The number of fused-ring (bicyclic) bond motifs is 1. The van der Waals surface area contributed by atoms with E-state index in [0.29, 0.717) is 37.3 Å². The molecule has 7 nitrogen and oxygen atoms in total. The predicted molar refractivity (Wildman–Crippen MR) is 94.2 cm³/mol. The predicted octanol–water partition coefficient (Wildman–Crippen LogP) is 3.11. The summed E-state index contributed by atoms with van der Waals surface area (Å²) in [4.78, 5) is 10.7. The lowest BCUT2D eigenvalue weighted by molar-refractivity contribution is 0.311. The second kappa shape index (κ2) is 6.01. The van der Waals surface area contributed by atoms with Crippen LogP contribution in [0.2, 0.25) is 0 Å². The van der Waals surface area contributed by atoms with Crippen LogP contribution in [0.4, 0.5) is 5.95 Å². The summed E-state index contributed by atoms with van der Waals surface area (Å²) in [5.74, 6) is 2.38. The molecule has 1 aromatic carbocycles. The van der Waals surface area contributed by atoms with Gasteiger partial charge in [0.05, 0.1) is 6.54 Å². The van der Waals surface area contributed by atoms with Crippen LogP contribution < -0.4 is 9.64 Å². The fourth-order valence-corrected chi connectivity index (χ4v) is 3.22. The standard InChI is InChI=1S/C19H18N4O3/c24-16-9-14(13-2-1-5-20-10-13)8-15-11-23(6-7-25-17(15)16)19-21-18(26-22-19)12-3-4-12/h1-2,5,8-10,12,24H,3-4,6-7,11H2. The number of phenolic OH excluding ortho intramolecular Hbond substituents is 1. The number of hydrogen-bond acceptors (Lipinski definition) is 7. The minimum Gasteiger partial charge on any atom is -0.504 e. The highest BCUT2D eigenvalue weighted by Crippen LogP contribution is 2.40. The molecule has 0 amide bonds. The van der Waals surface area contributed by atoms with Gasteiger partial charge in [-0.05, 0) is 41.8 Å². The molecule has 132 valence electrons. The summed E-state index contributed by atoms with van der Waals surface area (Å²) in [5.41, 5.74) is 2.72. The van der Waals surface area contributed by atoms with Crippen molar-refractivity contribution in [3.05, 3.63) is 48.1 Å². The van der Waals surface area contributed by atoms with Crippen molar-refractivity contribution in [2.24, 2.45) is 0 Å². The monoisotopic (exact) mass is 350 g/mol. The number of pyridine rings is 1. The Morgan fingerprint density at radius 2 is 2.12 bits per heavy atom. The molecule has 26 heavy (non-hydrogen) atoms. The molecule has 5 rings (SSSR count). The third kappa shape index (κ3) is 2.75. The van der Waals surface area contributed by atoms with E-state index in [2.05, 4.69) is 15.1 Å². The number of anilines is 1. The van der Waals surface area contributed by atoms with Crippen molar-refractivity contribution in [1.29, 1.82) is 0 Å². The Kier molecular flexibility index (Phi) is 3.51. The van der Waals surface area contributed by atoms with E-state index in [1.54, 1.807) is 18.5 Å². The molecule has 2 aromatic heterocycles. The van der Waals surface area contributed by atoms with Gasteiger partial charge in [-0.3, -0.25) is 4.98 Å². The Labute approximate surface area is 150 Å². The van der Waals surface area contributed by atoms with Gasteiger partial charge in [0.1, 0.15) is 6.61 Å². The molecule has 1 fully saturated rings. The third-order valence-corrected chi connectivity index (χ3v) is 4.75. The molecule has 0 radical (unpaired) electrons. The van der Waals surface area contributed by atoms with E-state index in [-0.39, 0.29) is 5.75 Å². The van der Waals surface area contributed by atoms with E-state index >= 15 is 0 Å². The van der Waals surface area contributed by atoms with Gasteiger partial charge in [-0.15, -0.1) is 0 Å². The molecule has 7 heteroatoms. The normalized spacial score (nSPS) is 16.7. The van der Waals surface area contributed by atoms with Crippen molar-refractivity contribution in [2.45, 2.75) is 25.3 Å². The molecule has 0 bridgehead atoms. The van der Waals surface area contributed by atoms with Gasteiger partial charge in [-0.1, -0.05) is 6.07 Å². The molecule has 0 unspecified atom stereocenters. The number of nitrogens with zero attached hydrogens (tertiary/aromatic N) is 4. The highest BCUT2D eigenvalue weighted by atomic mass is 16.5. The van der Waals surface area contributed by atoms with Crippen molar-refractivity contribution < 1.29 is 14.4 Å². The zero-order valence-corrected chi connectivity index (χ0v) is 14.1. The van der Waals surface area contributed by atoms with Gasteiger partial charge in [-0.2, -0.15) is 4.98 Å². The average molecular weight is 350 g/mol. The maximum absolute atomic E-state index is 10.5. The first kappa shape index (κ1) is 15.2. The van der Waals surface area contributed by atoms with Crippen LogP contribution >= 0.6 is 0 Å². The smallest absolute Gasteiger partial charge is 0.266 e. The first-order chi connectivity index (χ1) is 12.8. The lowest BCUT2D eigenvalue weighted by atomic mass is 10.0. The minimum atomic E-state index is 0.134. The van der Waals surface area contributed by atoms with Gasteiger partial charge in [0.2, 0.25) is 5.89 Å². The topological polar surface area (TPSA) is 84.5 Å². The minimum absolute atomic E-state index is 0.134. The Morgan fingerprint density at radius 1 is 1.19 bits per heavy atom. The molecule has 3 aromatic rings. The third-order valence-electron chi connectivity index (χ3n) is 4.75. The number of phenols is 1. The Bertz CT molecular complexity index is 937. The number of aromatic nitrogens is 3. The van der Waals surface area contributed by atoms with E-state index < -0.39 is 0 Å². The van der Waals surface area contributed by atoms with Crippen molar-refractivity contribution in [2.75, 3.05) is 18.1 Å². The summed E-state index contributed by atoms with van der Waals surface area (Å²) in [6.45, 7) is 1.61. The molecular formula is C19H18N4O3. The molecule has 1 aliphatic carbocycles. The van der Waals surface area contributed by atoms with E-state index in [0.717, 1.165) is 35.4 Å². The molecule has 0 atom stereocenters. The average Bonchev–Trinajstić information content (AvgIpc) is 3.44. The second-order valence-electron chi connectivity index (χ2n) is 6.70. The summed E-state index contributed by atoms with van der Waals surface area (Å²) in [6.07, 6.45) is 5.74. The Morgan fingerprint density at radius 3 is 2.92 bits per heavy atom. The van der Waals surface area contributed by atoms with Crippen LogP contribution in [-0.4, -0.2) is 33.4 Å². The number of hydrogen-bond donors (Lipinski definition) is 1. The van der Waals surface area contributed by atoms with Gasteiger partial charge in [-0.25, -0.2) is 0 Å². The summed E-state index contributed by atoms with van der Waals surface area (Å²) in [5, 5.41) is 14.6. The summed E-state index contributed by atoms with van der Waals surface area (Å²) < 4.78 is 11.2. The van der Waals surface area contributed by atoms with Gasteiger partial charge in [0.15, 0.2) is 11.5 Å². The summed E-state index contributed by atoms with van der Waals surface area (Å²) in [7, 11) is 0. The van der Waals surface area contributed by atoms with E-state index in [1.807, 2.05) is 23.1 Å². The maximum atomic E-state index is 10.5. The molecular weight excluding hydrogens is 332 g/mol. The second-order valence-corrected chi connectivity index (χ2v) is 6.70. The lowest BCUT2D eigenvalue weighted by Crippen LogP contribution is -2.26. The van der Waals surface area contributed by atoms with Crippen LogP contribution in [0.1, 0.15) is 30.2 Å². The summed E-state index contributed by atoms with van der Waals surface area (Å²) >= 11 is 0. The molecule has 0 saturated heterocycles. The first-order valence-electron chi connectivity index (χ1n) is 8.75. The highest BCUT2D eigenvalue weighted by Gasteiger charge is 2.31. The summed E-state index contributed by atoms with van der Waals surface area (Å²) in [6, 6.07) is 7.57. The zero-order chi connectivity index (χ0) is 17.5. The lowest BCUT2D eigenvalue weighted by Gasteiger charge is -2.17. The zero-order valence-electron chi connectivity index (χ0n) is 14.1. The Balaban J connectivity index is 1.49. The fourth-order valence-electron chi connectivity index (χ4n) is 3.22. The van der Waals surface area contributed by atoms with Crippen molar-refractivity contribution in [3.8, 4) is 22.6 Å². The fraction of sp³-hybridized carbons (Fsp3) is 0.316. The van der Waals surface area contributed by atoms with Crippen LogP contribution in [0.5, 0.6) is 11.5 Å². The number of ether oxygens (including phenoxy) is 1. The van der Waals surface area contributed by atoms with Crippen LogP contribution in [0, 0.1) is 0 Å².